The summed E-state index contributed by atoms with van der Waals surface area (Å²) < 4.78 is 6.82. The third-order valence-corrected chi connectivity index (χ3v) is 5.78. The Hall–Kier alpha value is -2.60. The molecule has 0 radical (unpaired) electrons. The van der Waals surface area contributed by atoms with E-state index in [4.69, 9.17) is 9.72 Å². The second-order valence-corrected chi connectivity index (χ2v) is 7.74. The van der Waals surface area contributed by atoms with Gasteiger partial charge in [-0.15, -0.1) is 0 Å². The van der Waals surface area contributed by atoms with Crippen LogP contribution in [-0.2, 0) is 4.79 Å². The van der Waals surface area contributed by atoms with Crippen molar-refractivity contribution in [3.63, 3.8) is 0 Å². The zero-order valence-corrected chi connectivity index (χ0v) is 16.0. The van der Waals surface area contributed by atoms with E-state index < -0.39 is 0 Å². The summed E-state index contributed by atoms with van der Waals surface area (Å²) in [6, 6.07) is 18.0. The maximum atomic E-state index is 12.3. The molecule has 3 aromatic rings. The van der Waals surface area contributed by atoms with Gasteiger partial charge in [0.25, 0.3) is 0 Å². The number of piperidine rings is 1. The normalized spacial score (nSPS) is 17.0. The van der Waals surface area contributed by atoms with Gasteiger partial charge >= 0.3 is 0 Å². The van der Waals surface area contributed by atoms with Gasteiger partial charge in [-0.05, 0) is 37.1 Å². The molecule has 0 bridgehead atoms. The van der Waals surface area contributed by atoms with Gasteiger partial charge < -0.3 is 15.0 Å². The molecule has 4 rings (SSSR count). The smallest absolute Gasteiger partial charge is 0.223 e. The molecule has 1 fully saturated rings. The summed E-state index contributed by atoms with van der Waals surface area (Å²) in [4.78, 5) is 19.3. The van der Waals surface area contributed by atoms with E-state index in [0.29, 0.717) is 13.0 Å². The van der Waals surface area contributed by atoms with Crippen LogP contribution in [0.1, 0.15) is 19.3 Å². The van der Waals surface area contributed by atoms with E-state index in [2.05, 4.69) is 16.3 Å². The maximum absolute atomic E-state index is 12.3. The number of anilines is 1. The zero-order valence-electron chi connectivity index (χ0n) is 15.1. The topological polar surface area (TPSA) is 54.5 Å². The number of para-hydroxylation sites is 2. The van der Waals surface area contributed by atoms with E-state index in [-0.39, 0.29) is 11.9 Å². The first-order valence-electron chi connectivity index (χ1n) is 9.36. The molecule has 0 saturated carbocycles. The fourth-order valence-electron chi connectivity index (χ4n) is 3.34. The molecule has 1 aromatic heterocycles. The lowest BCUT2D eigenvalue weighted by atomic mass is 10.1. The van der Waals surface area contributed by atoms with Crippen LogP contribution in [0.2, 0.25) is 0 Å². The van der Waals surface area contributed by atoms with Crippen molar-refractivity contribution in [2.75, 3.05) is 24.6 Å². The first kappa shape index (κ1) is 17.8. The van der Waals surface area contributed by atoms with Crippen molar-refractivity contribution >= 4 is 32.6 Å². The summed E-state index contributed by atoms with van der Waals surface area (Å²) in [5.74, 6) is 0.840. The van der Waals surface area contributed by atoms with Crippen LogP contribution >= 0.6 is 11.3 Å². The monoisotopic (exact) mass is 381 g/mol. The Morgan fingerprint density at radius 3 is 2.85 bits per heavy atom. The number of hydrogen-bond acceptors (Lipinski definition) is 5. The van der Waals surface area contributed by atoms with E-state index in [0.717, 1.165) is 42.3 Å². The van der Waals surface area contributed by atoms with Crippen molar-refractivity contribution in [1.29, 1.82) is 0 Å². The molecule has 6 heteroatoms. The standard InChI is InChI=1S/C21H23N3O2S/c25-20(12-14-26-17-8-2-1-3-9-17)22-16-7-6-13-24(15-16)21-23-18-10-4-5-11-19(18)27-21/h1-5,8-11,16H,6-7,12-15H2,(H,22,25)/t16-/m1/s1. The number of carbonyl (C=O) groups is 1. The summed E-state index contributed by atoms with van der Waals surface area (Å²) in [5.41, 5.74) is 1.04. The molecular formula is C21H23N3O2S. The Balaban J connectivity index is 1.28. The number of nitrogens with zero attached hydrogens (tertiary/aromatic N) is 2. The molecule has 2 heterocycles. The van der Waals surface area contributed by atoms with E-state index >= 15 is 0 Å². The van der Waals surface area contributed by atoms with Crippen LogP contribution in [0.4, 0.5) is 5.13 Å². The molecule has 1 saturated heterocycles. The minimum absolute atomic E-state index is 0.0436. The number of nitrogens with one attached hydrogen (secondary N) is 1. The Kier molecular flexibility index (Phi) is 5.53. The largest absolute Gasteiger partial charge is 0.493 e. The SMILES string of the molecule is O=C(CCOc1ccccc1)N[C@@H]1CCCN(c2nc3ccccc3s2)C1. The first-order chi connectivity index (χ1) is 13.3. The Labute approximate surface area is 163 Å². The molecule has 2 aromatic carbocycles. The lowest BCUT2D eigenvalue weighted by molar-refractivity contribution is -0.122. The summed E-state index contributed by atoms with van der Waals surface area (Å²) in [5, 5.41) is 4.20. The van der Waals surface area contributed by atoms with Crippen LogP contribution < -0.4 is 15.0 Å². The van der Waals surface area contributed by atoms with Crippen LogP contribution in [0.25, 0.3) is 10.2 Å². The average Bonchev–Trinajstić information content (AvgIpc) is 3.13. The highest BCUT2D eigenvalue weighted by atomic mass is 32.1. The predicted octanol–water partition coefficient (Wildman–Crippen LogP) is 3.85. The highest BCUT2D eigenvalue weighted by molar-refractivity contribution is 7.22. The highest BCUT2D eigenvalue weighted by Crippen LogP contribution is 2.30. The minimum atomic E-state index is 0.0436. The third kappa shape index (κ3) is 4.57. The number of benzene rings is 2. The van der Waals surface area contributed by atoms with Gasteiger partial charge in [-0.2, -0.15) is 0 Å². The Morgan fingerprint density at radius 2 is 2.00 bits per heavy atom. The van der Waals surface area contributed by atoms with Crippen LogP contribution in [0, 0.1) is 0 Å². The van der Waals surface area contributed by atoms with Crippen LogP contribution in [0.15, 0.2) is 54.6 Å². The van der Waals surface area contributed by atoms with Crippen molar-refractivity contribution in [3.05, 3.63) is 54.6 Å². The fourth-order valence-corrected chi connectivity index (χ4v) is 4.34. The third-order valence-electron chi connectivity index (χ3n) is 4.68. The van der Waals surface area contributed by atoms with Gasteiger partial charge in [-0.25, -0.2) is 4.98 Å². The number of amides is 1. The van der Waals surface area contributed by atoms with E-state index in [1.54, 1.807) is 11.3 Å². The molecule has 0 aliphatic carbocycles. The number of hydrogen-bond donors (Lipinski definition) is 1. The first-order valence-corrected chi connectivity index (χ1v) is 10.2. The number of ether oxygens (including phenoxy) is 1. The fraction of sp³-hybridized carbons (Fsp3) is 0.333. The molecular weight excluding hydrogens is 358 g/mol. The van der Waals surface area contributed by atoms with E-state index in [9.17, 15) is 4.79 Å². The van der Waals surface area contributed by atoms with Crippen LogP contribution in [-0.4, -0.2) is 36.6 Å². The highest BCUT2D eigenvalue weighted by Gasteiger charge is 2.23. The van der Waals surface area contributed by atoms with Gasteiger partial charge in [-0.3, -0.25) is 4.79 Å². The minimum Gasteiger partial charge on any atom is -0.493 e. The van der Waals surface area contributed by atoms with Crippen molar-refractivity contribution in [2.45, 2.75) is 25.3 Å². The number of rotatable bonds is 6. The molecule has 1 N–H and O–H groups in total. The number of fused-ring (bicyclic) bond motifs is 1. The quantitative estimate of drug-likeness (QED) is 0.705. The van der Waals surface area contributed by atoms with Crippen molar-refractivity contribution < 1.29 is 9.53 Å². The van der Waals surface area contributed by atoms with E-state index in [1.807, 2.05) is 48.5 Å². The maximum Gasteiger partial charge on any atom is 0.223 e. The number of thiazole rings is 1. The van der Waals surface area contributed by atoms with Crippen LogP contribution in [0.5, 0.6) is 5.75 Å². The molecule has 27 heavy (non-hydrogen) atoms. The summed E-state index contributed by atoms with van der Waals surface area (Å²) in [7, 11) is 0. The number of aromatic nitrogens is 1. The molecule has 5 nitrogen and oxygen atoms in total. The predicted molar refractivity (Wildman–Crippen MR) is 110 cm³/mol. The second-order valence-electron chi connectivity index (χ2n) is 6.73. The lowest BCUT2D eigenvalue weighted by Gasteiger charge is -2.32. The second kappa shape index (κ2) is 8.39. The van der Waals surface area contributed by atoms with Crippen molar-refractivity contribution in [2.24, 2.45) is 0 Å². The Morgan fingerprint density at radius 1 is 1.19 bits per heavy atom. The summed E-state index contributed by atoms with van der Waals surface area (Å²) >= 11 is 1.72. The zero-order chi connectivity index (χ0) is 18.5. The van der Waals surface area contributed by atoms with Crippen molar-refractivity contribution in [1.82, 2.24) is 10.3 Å². The van der Waals surface area contributed by atoms with Gasteiger partial charge in [-0.1, -0.05) is 41.7 Å². The van der Waals surface area contributed by atoms with Gasteiger partial charge in [0.05, 0.1) is 23.2 Å². The molecule has 0 unspecified atom stereocenters. The van der Waals surface area contributed by atoms with Gasteiger partial charge in [0.15, 0.2) is 5.13 Å². The average molecular weight is 382 g/mol. The number of carbonyl (C=O) groups excluding carboxylic acids is 1. The molecule has 1 aliphatic rings. The summed E-state index contributed by atoms with van der Waals surface area (Å²) in [6.45, 7) is 2.19. The molecule has 1 amide bonds. The molecule has 0 spiro atoms. The van der Waals surface area contributed by atoms with Gasteiger partial charge in [0.1, 0.15) is 5.75 Å². The van der Waals surface area contributed by atoms with Gasteiger partial charge in [0.2, 0.25) is 5.91 Å². The molecule has 140 valence electrons. The lowest BCUT2D eigenvalue weighted by Crippen LogP contribution is -2.48. The molecule has 1 aliphatic heterocycles. The molecule has 1 atom stereocenters. The van der Waals surface area contributed by atoms with Crippen LogP contribution in [0.3, 0.4) is 0 Å². The van der Waals surface area contributed by atoms with Gasteiger partial charge in [0, 0.05) is 19.1 Å². The van der Waals surface area contributed by atoms with E-state index in [1.165, 1.54) is 4.70 Å². The summed E-state index contributed by atoms with van der Waals surface area (Å²) in [6.07, 6.45) is 2.43. The Bertz CT molecular complexity index is 864. The van der Waals surface area contributed by atoms with Crippen molar-refractivity contribution in [3.8, 4) is 5.75 Å².